The maximum Gasteiger partial charge on any atom is 0.255 e. The first-order chi connectivity index (χ1) is 14.1. The van der Waals surface area contributed by atoms with Crippen molar-refractivity contribution in [3.05, 3.63) is 78.0 Å². The van der Waals surface area contributed by atoms with Crippen LogP contribution >= 0.6 is 0 Å². The number of aryl methyl sites for hydroxylation is 1. The zero-order valence-corrected chi connectivity index (χ0v) is 16.8. The monoisotopic (exact) mass is 387 g/mol. The van der Waals surface area contributed by atoms with Gasteiger partial charge in [-0.05, 0) is 74.7 Å². The number of pyridine rings is 1. The van der Waals surface area contributed by atoms with Crippen LogP contribution in [0.15, 0.2) is 66.9 Å². The van der Waals surface area contributed by atoms with E-state index in [1.165, 1.54) is 11.3 Å². The van der Waals surface area contributed by atoms with Gasteiger partial charge >= 0.3 is 0 Å². The van der Waals surface area contributed by atoms with Crippen LogP contribution in [0.25, 0.3) is 0 Å². The van der Waals surface area contributed by atoms with Gasteiger partial charge in [0.25, 0.3) is 5.91 Å². The molecule has 148 valence electrons. The number of hydrogen-bond donors (Lipinski definition) is 1. The fourth-order valence-corrected chi connectivity index (χ4v) is 3.57. The van der Waals surface area contributed by atoms with E-state index in [0.717, 1.165) is 36.6 Å². The molecule has 2 aromatic carbocycles. The van der Waals surface area contributed by atoms with Crippen LogP contribution in [0, 0.1) is 0 Å². The fourth-order valence-electron chi connectivity index (χ4n) is 3.57. The smallest absolute Gasteiger partial charge is 0.255 e. The molecule has 29 heavy (non-hydrogen) atoms. The standard InChI is InChI=1S/C24H25N3O2/c1-17(2)29-21-11-9-20(10-12-21)26-24(28)19-13-14-25-23(16-19)27-15-5-7-18-6-3-4-8-22(18)27/h3-4,6,8-14,16-17H,5,7,15H2,1-2H3,(H,26,28). The molecule has 0 radical (unpaired) electrons. The van der Waals surface area contributed by atoms with Crippen molar-refractivity contribution in [3.63, 3.8) is 0 Å². The SMILES string of the molecule is CC(C)Oc1ccc(NC(=O)c2ccnc(N3CCCc4ccccc43)c2)cc1. The van der Waals surface area contributed by atoms with Gasteiger partial charge in [-0.1, -0.05) is 18.2 Å². The summed E-state index contributed by atoms with van der Waals surface area (Å²) in [5, 5.41) is 2.95. The number of nitrogens with zero attached hydrogens (tertiary/aromatic N) is 2. The predicted octanol–water partition coefficient (Wildman–Crippen LogP) is 5.21. The Morgan fingerprint density at radius 2 is 1.90 bits per heavy atom. The number of ether oxygens (including phenoxy) is 1. The molecule has 1 amide bonds. The van der Waals surface area contributed by atoms with Crippen molar-refractivity contribution in [2.45, 2.75) is 32.8 Å². The number of rotatable bonds is 5. The van der Waals surface area contributed by atoms with Crippen molar-refractivity contribution in [2.24, 2.45) is 0 Å². The van der Waals surface area contributed by atoms with Gasteiger partial charge < -0.3 is 15.0 Å². The van der Waals surface area contributed by atoms with Crippen LogP contribution in [-0.2, 0) is 6.42 Å². The third-order valence-electron chi connectivity index (χ3n) is 4.88. The second-order valence-electron chi connectivity index (χ2n) is 7.43. The summed E-state index contributed by atoms with van der Waals surface area (Å²) in [5.74, 6) is 1.43. The van der Waals surface area contributed by atoms with E-state index in [-0.39, 0.29) is 12.0 Å². The predicted molar refractivity (Wildman–Crippen MR) is 116 cm³/mol. The van der Waals surface area contributed by atoms with Gasteiger partial charge in [-0.25, -0.2) is 4.98 Å². The number of carbonyl (C=O) groups excluding carboxylic acids is 1. The highest BCUT2D eigenvalue weighted by molar-refractivity contribution is 6.04. The molecule has 5 nitrogen and oxygen atoms in total. The summed E-state index contributed by atoms with van der Waals surface area (Å²) in [6, 6.07) is 19.4. The number of aromatic nitrogens is 1. The molecule has 0 saturated carbocycles. The van der Waals surface area contributed by atoms with Crippen molar-refractivity contribution < 1.29 is 9.53 Å². The lowest BCUT2D eigenvalue weighted by atomic mass is 10.0. The summed E-state index contributed by atoms with van der Waals surface area (Å²) in [7, 11) is 0. The topological polar surface area (TPSA) is 54.5 Å². The first-order valence-electron chi connectivity index (χ1n) is 10.00. The van der Waals surface area contributed by atoms with Gasteiger partial charge in [0.05, 0.1) is 6.10 Å². The highest BCUT2D eigenvalue weighted by Crippen LogP contribution is 2.32. The molecule has 4 rings (SSSR count). The van der Waals surface area contributed by atoms with Gasteiger partial charge in [0.1, 0.15) is 11.6 Å². The Balaban J connectivity index is 1.51. The van der Waals surface area contributed by atoms with Crippen LogP contribution in [0.2, 0.25) is 0 Å². The first kappa shape index (κ1) is 19.0. The zero-order valence-electron chi connectivity index (χ0n) is 16.8. The fraction of sp³-hybridized carbons (Fsp3) is 0.250. The van der Waals surface area contributed by atoms with Crippen LogP contribution in [0.3, 0.4) is 0 Å². The summed E-state index contributed by atoms with van der Waals surface area (Å²) in [6.07, 6.45) is 3.95. The largest absolute Gasteiger partial charge is 0.491 e. The van der Waals surface area contributed by atoms with Crippen LogP contribution in [-0.4, -0.2) is 23.5 Å². The lowest BCUT2D eigenvalue weighted by Crippen LogP contribution is -2.25. The summed E-state index contributed by atoms with van der Waals surface area (Å²) in [4.78, 5) is 19.5. The molecular weight excluding hydrogens is 362 g/mol. The quantitative estimate of drug-likeness (QED) is 0.653. The van der Waals surface area contributed by atoms with Crippen molar-refractivity contribution >= 4 is 23.1 Å². The third-order valence-corrected chi connectivity index (χ3v) is 4.88. The number of fused-ring (bicyclic) bond motifs is 1. The van der Waals surface area contributed by atoms with Crippen molar-refractivity contribution in [2.75, 3.05) is 16.8 Å². The highest BCUT2D eigenvalue weighted by atomic mass is 16.5. The van der Waals surface area contributed by atoms with E-state index in [1.54, 1.807) is 12.3 Å². The minimum Gasteiger partial charge on any atom is -0.491 e. The number of carbonyl (C=O) groups is 1. The Hall–Kier alpha value is -3.34. The van der Waals surface area contributed by atoms with Crippen LogP contribution in [0.4, 0.5) is 17.2 Å². The molecule has 1 N–H and O–H groups in total. The van der Waals surface area contributed by atoms with Crippen molar-refractivity contribution in [1.82, 2.24) is 4.98 Å². The average Bonchev–Trinajstić information content (AvgIpc) is 2.74. The maximum atomic E-state index is 12.8. The summed E-state index contributed by atoms with van der Waals surface area (Å²) < 4.78 is 5.64. The van der Waals surface area contributed by atoms with Crippen LogP contribution in [0.1, 0.15) is 36.2 Å². The van der Waals surface area contributed by atoms with E-state index < -0.39 is 0 Å². The van der Waals surface area contributed by atoms with E-state index in [1.807, 2.05) is 50.2 Å². The molecule has 0 aliphatic carbocycles. The highest BCUT2D eigenvalue weighted by Gasteiger charge is 2.19. The Kier molecular flexibility index (Phi) is 5.47. The second-order valence-corrected chi connectivity index (χ2v) is 7.43. The van der Waals surface area contributed by atoms with Gasteiger partial charge in [-0.15, -0.1) is 0 Å². The number of nitrogens with one attached hydrogen (secondary N) is 1. The average molecular weight is 387 g/mol. The Morgan fingerprint density at radius 3 is 2.69 bits per heavy atom. The Bertz CT molecular complexity index is 999. The molecule has 0 unspecified atom stereocenters. The molecule has 2 heterocycles. The molecule has 0 atom stereocenters. The molecule has 0 saturated heterocycles. The maximum absolute atomic E-state index is 12.8. The molecule has 1 aromatic heterocycles. The summed E-state index contributed by atoms with van der Waals surface area (Å²) in [6.45, 7) is 4.86. The van der Waals surface area contributed by atoms with Crippen LogP contribution in [0.5, 0.6) is 5.75 Å². The van der Waals surface area contributed by atoms with Gasteiger partial charge in [0, 0.05) is 29.7 Å². The van der Waals surface area contributed by atoms with Gasteiger partial charge in [-0.2, -0.15) is 0 Å². The van der Waals surface area contributed by atoms with E-state index >= 15 is 0 Å². The van der Waals surface area contributed by atoms with E-state index in [9.17, 15) is 4.79 Å². The number of hydrogen-bond acceptors (Lipinski definition) is 4. The molecule has 1 aliphatic heterocycles. The van der Waals surface area contributed by atoms with Crippen molar-refractivity contribution in [1.29, 1.82) is 0 Å². The number of para-hydroxylation sites is 1. The minimum atomic E-state index is -0.156. The molecule has 0 fully saturated rings. The molecular formula is C24H25N3O2. The molecule has 1 aliphatic rings. The third kappa shape index (κ3) is 4.40. The van der Waals surface area contributed by atoms with Gasteiger partial charge in [-0.3, -0.25) is 4.79 Å². The Morgan fingerprint density at radius 1 is 1.10 bits per heavy atom. The lowest BCUT2D eigenvalue weighted by Gasteiger charge is -2.30. The van der Waals surface area contributed by atoms with E-state index in [0.29, 0.717) is 5.56 Å². The minimum absolute atomic E-state index is 0.116. The first-order valence-corrected chi connectivity index (χ1v) is 10.00. The normalized spacial score (nSPS) is 13.1. The molecule has 3 aromatic rings. The molecule has 0 bridgehead atoms. The van der Waals surface area contributed by atoms with Crippen LogP contribution < -0.4 is 15.0 Å². The van der Waals surface area contributed by atoms with Crippen molar-refractivity contribution in [3.8, 4) is 5.75 Å². The van der Waals surface area contributed by atoms with Gasteiger partial charge in [0.15, 0.2) is 0 Å². The lowest BCUT2D eigenvalue weighted by molar-refractivity contribution is 0.102. The molecule has 5 heteroatoms. The summed E-state index contributed by atoms with van der Waals surface area (Å²) in [5.41, 5.74) is 3.80. The molecule has 0 spiro atoms. The number of amides is 1. The Labute approximate surface area is 171 Å². The summed E-state index contributed by atoms with van der Waals surface area (Å²) >= 11 is 0. The second kappa shape index (κ2) is 8.35. The zero-order chi connectivity index (χ0) is 20.2. The van der Waals surface area contributed by atoms with E-state index in [2.05, 4.69) is 33.4 Å². The van der Waals surface area contributed by atoms with Gasteiger partial charge in [0.2, 0.25) is 0 Å². The number of benzene rings is 2. The van der Waals surface area contributed by atoms with E-state index in [4.69, 9.17) is 4.74 Å². The number of anilines is 3.